The molecule has 1 unspecified atom stereocenters. The lowest BCUT2D eigenvalue weighted by atomic mass is 10.3. The van der Waals surface area contributed by atoms with Crippen LogP contribution in [0.1, 0.15) is 13.3 Å². The summed E-state index contributed by atoms with van der Waals surface area (Å²) in [6, 6.07) is 0. The van der Waals surface area contributed by atoms with Crippen LogP contribution in [0.5, 0.6) is 0 Å². The van der Waals surface area contributed by atoms with Crippen LogP contribution >= 0.6 is 11.6 Å². The van der Waals surface area contributed by atoms with Gasteiger partial charge in [-0.05, 0) is 6.92 Å². The van der Waals surface area contributed by atoms with Crippen LogP contribution in [-0.4, -0.2) is 13.2 Å². The highest BCUT2D eigenvalue weighted by molar-refractivity contribution is 6.29. The smallest absolute Gasteiger partial charge is 0.0591 e. The first kappa shape index (κ1) is 7.99. The Morgan fingerprint density at radius 2 is 2.38 bits per heavy atom. The van der Waals surface area contributed by atoms with Gasteiger partial charge in [0, 0.05) is 18.6 Å². The quantitative estimate of drug-likeness (QED) is 0.575. The summed E-state index contributed by atoms with van der Waals surface area (Å²) in [6.07, 6.45) is 0.929. The summed E-state index contributed by atoms with van der Waals surface area (Å²) in [5, 5.41) is 0.652. The maximum Gasteiger partial charge on any atom is 0.0591 e. The van der Waals surface area contributed by atoms with E-state index in [4.69, 9.17) is 16.3 Å². The van der Waals surface area contributed by atoms with Gasteiger partial charge in [-0.25, -0.2) is 0 Å². The highest BCUT2D eigenvalue weighted by Gasteiger charge is 1.97. The first-order valence-corrected chi connectivity index (χ1v) is 2.90. The van der Waals surface area contributed by atoms with Crippen LogP contribution in [0.15, 0.2) is 11.6 Å². The fourth-order valence-electron chi connectivity index (χ4n) is 0.395. The third kappa shape index (κ3) is 4.16. The number of methoxy groups -OCH3 is 1. The van der Waals surface area contributed by atoms with Gasteiger partial charge in [0.25, 0.3) is 0 Å². The van der Waals surface area contributed by atoms with Gasteiger partial charge in [0.2, 0.25) is 0 Å². The molecule has 0 saturated heterocycles. The molecule has 0 rings (SSSR count). The number of rotatable bonds is 3. The monoisotopic (exact) mass is 134 g/mol. The number of ether oxygens (including phenoxy) is 1. The van der Waals surface area contributed by atoms with Gasteiger partial charge in [-0.2, -0.15) is 0 Å². The Labute approximate surface area is 55.3 Å². The average Bonchev–Trinajstić information content (AvgIpc) is 1.65. The predicted octanol–water partition coefficient (Wildman–Crippen LogP) is 2.16. The van der Waals surface area contributed by atoms with E-state index in [2.05, 4.69) is 6.58 Å². The molecule has 0 heterocycles. The van der Waals surface area contributed by atoms with Gasteiger partial charge in [-0.1, -0.05) is 18.2 Å². The summed E-state index contributed by atoms with van der Waals surface area (Å²) in [7, 11) is 1.66. The number of hydrogen-bond donors (Lipinski definition) is 0. The lowest BCUT2D eigenvalue weighted by Gasteiger charge is -2.05. The molecule has 0 spiro atoms. The summed E-state index contributed by atoms with van der Waals surface area (Å²) in [5.41, 5.74) is 0. The first-order chi connectivity index (χ1) is 3.66. The molecule has 0 amide bonds. The highest BCUT2D eigenvalue weighted by atomic mass is 35.5. The second-order valence-corrected chi connectivity index (χ2v) is 2.30. The van der Waals surface area contributed by atoms with E-state index in [0.29, 0.717) is 5.03 Å². The Hall–Kier alpha value is -0.0100. The topological polar surface area (TPSA) is 9.23 Å². The van der Waals surface area contributed by atoms with Crippen molar-refractivity contribution in [3.05, 3.63) is 11.6 Å². The largest absolute Gasteiger partial charge is 0.381 e. The van der Waals surface area contributed by atoms with Gasteiger partial charge >= 0.3 is 0 Å². The van der Waals surface area contributed by atoms with E-state index < -0.39 is 0 Å². The summed E-state index contributed by atoms with van der Waals surface area (Å²) in [5.74, 6) is 0. The molecular formula is C6H11ClO. The van der Waals surface area contributed by atoms with E-state index in [0.717, 1.165) is 6.42 Å². The van der Waals surface area contributed by atoms with E-state index in [1.54, 1.807) is 7.11 Å². The van der Waals surface area contributed by atoms with Crippen LogP contribution in [0.2, 0.25) is 0 Å². The van der Waals surface area contributed by atoms with E-state index in [1.165, 1.54) is 0 Å². The minimum Gasteiger partial charge on any atom is -0.381 e. The van der Waals surface area contributed by atoms with E-state index in [9.17, 15) is 0 Å². The van der Waals surface area contributed by atoms with Crippen molar-refractivity contribution in [1.82, 2.24) is 0 Å². The second-order valence-electron chi connectivity index (χ2n) is 1.77. The van der Waals surface area contributed by atoms with Gasteiger partial charge in [0.1, 0.15) is 0 Å². The van der Waals surface area contributed by atoms with Crippen molar-refractivity contribution in [1.29, 1.82) is 0 Å². The van der Waals surface area contributed by atoms with Crippen molar-refractivity contribution in [3.8, 4) is 0 Å². The molecule has 0 radical (unpaired) electrons. The lowest BCUT2D eigenvalue weighted by Crippen LogP contribution is -2.02. The van der Waals surface area contributed by atoms with Crippen LogP contribution in [-0.2, 0) is 4.74 Å². The molecular weight excluding hydrogens is 124 g/mol. The first-order valence-electron chi connectivity index (χ1n) is 2.53. The Bertz CT molecular complexity index is 80.6. The van der Waals surface area contributed by atoms with Gasteiger partial charge < -0.3 is 4.74 Å². The minimum absolute atomic E-state index is 0.194. The molecule has 0 saturated carbocycles. The SMILES string of the molecule is C=C(Cl)CC(C)OC. The van der Waals surface area contributed by atoms with Gasteiger partial charge in [-0.3, -0.25) is 0 Å². The van der Waals surface area contributed by atoms with Crippen LogP contribution in [0.3, 0.4) is 0 Å². The van der Waals surface area contributed by atoms with E-state index in [-0.39, 0.29) is 6.10 Å². The predicted molar refractivity (Wildman–Crippen MR) is 36.1 cm³/mol. The summed E-state index contributed by atoms with van der Waals surface area (Å²) >= 11 is 5.48. The molecule has 0 N–H and O–H groups in total. The minimum atomic E-state index is 0.194. The Morgan fingerprint density at radius 3 is 2.50 bits per heavy atom. The third-order valence-corrected chi connectivity index (χ3v) is 1.07. The summed E-state index contributed by atoms with van der Waals surface area (Å²) < 4.78 is 4.92. The molecule has 0 aromatic heterocycles. The Morgan fingerprint density at radius 1 is 1.88 bits per heavy atom. The molecule has 0 aliphatic heterocycles. The molecule has 48 valence electrons. The molecule has 8 heavy (non-hydrogen) atoms. The van der Waals surface area contributed by atoms with Gasteiger partial charge in [0.15, 0.2) is 0 Å². The molecule has 1 nitrogen and oxygen atoms in total. The number of hydrogen-bond acceptors (Lipinski definition) is 1. The molecule has 0 aliphatic carbocycles. The number of halogens is 1. The van der Waals surface area contributed by atoms with Crippen molar-refractivity contribution in [2.45, 2.75) is 19.4 Å². The second kappa shape index (κ2) is 3.93. The highest BCUT2D eigenvalue weighted by Crippen LogP contribution is 2.08. The molecule has 0 aromatic rings. The van der Waals surface area contributed by atoms with Gasteiger partial charge in [0.05, 0.1) is 6.10 Å². The Balaban J connectivity index is 3.24. The molecule has 0 fully saturated rings. The zero-order valence-electron chi connectivity index (χ0n) is 5.28. The maximum atomic E-state index is 5.48. The van der Waals surface area contributed by atoms with Crippen molar-refractivity contribution in [2.75, 3.05) is 7.11 Å². The van der Waals surface area contributed by atoms with E-state index in [1.807, 2.05) is 6.92 Å². The van der Waals surface area contributed by atoms with Gasteiger partial charge in [-0.15, -0.1) is 0 Å². The van der Waals surface area contributed by atoms with Crippen LogP contribution < -0.4 is 0 Å². The average molecular weight is 135 g/mol. The molecule has 1 atom stereocenters. The summed E-state index contributed by atoms with van der Waals surface area (Å²) in [6.45, 7) is 5.48. The van der Waals surface area contributed by atoms with Crippen molar-refractivity contribution in [3.63, 3.8) is 0 Å². The third-order valence-electron chi connectivity index (χ3n) is 0.911. The van der Waals surface area contributed by atoms with Crippen molar-refractivity contribution in [2.24, 2.45) is 0 Å². The van der Waals surface area contributed by atoms with Crippen LogP contribution in [0.25, 0.3) is 0 Å². The molecule has 2 heteroatoms. The standard InChI is InChI=1S/C6H11ClO/c1-5(7)4-6(2)8-3/h6H,1,4H2,2-3H3. The van der Waals surface area contributed by atoms with Crippen LogP contribution in [0.4, 0.5) is 0 Å². The zero-order valence-corrected chi connectivity index (χ0v) is 6.03. The lowest BCUT2D eigenvalue weighted by molar-refractivity contribution is 0.120. The molecule has 0 bridgehead atoms. The van der Waals surface area contributed by atoms with Crippen LogP contribution in [0, 0.1) is 0 Å². The van der Waals surface area contributed by atoms with E-state index >= 15 is 0 Å². The maximum absolute atomic E-state index is 5.48. The Kier molecular flexibility index (Phi) is 3.92. The van der Waals surface area contributed by atoms with Crippen molar-refractivity contribution >= 4 is 11.6 Å². The fraction of sp³-hybridized carbons (Fsp3) is 0.667. The normalized spacial score (nSPS) is 13.4. The van der Waals surface area contributed by atoms with Crippen molar-refractivity contribution < 1.29 is 4.74 Å². The molecule has 0 aromatic carbocycles. The summed E-state index contributed by atoms with van der Waals surface area (Å²) in [4.78, 5) is 0. The fourth-order valence-corrected chi connectivity index (χ4v) is 0.613. The zero-order chi connectivity index (χ0) is 6.57. The molecule has 0 aliphatic rings.